The zero-order chi connectivity index (χ0) is 19.6. The fourth-order valence-electron chi connectivity index (χ4n) is 2.34. The van der Waals surface area contributed by atoms with E-state index in [1.54, 1.807) is 19.1 Å². The van der Waals surface area contributed by atoms with Crippen LogP contribution in [0.15, 0.2) is 47.5 Å². The molecule has 6 nitrogen and oxygen atoms in total. The number of aryl methyl sites for hydroxylation is 1. The molecule has 3 aromatic rings. The minimum absolute atomic E-state index is 0.0222. The molecule has 0 unspecified atom stereocenters. The molecule has 1 N–H and O–H groups in total. The third-order valence-corrected chi connectivity index (χ3v) is 3.61. The van der Waals surface area contributed by atoms with Gasteiger partial charge in [0.05, 0.1) is 5.56 Å². The van der Waals surface area contributed by atoms with E-state index in [0.717, 1.165) is 18.2 Å². The van der Waals surface area contributed by atoms with Gasteiger partial charge in [-0.15, -0.1) is 0 Å². The van der Waals surface area contributed by atoms with Gasteiger partial charge >= 0.3 is 6.18 Å². The molecule has 1 aromatic carbocycles. The Balaban J connectivity index is 1.89. The number of halogens is 3. The van der Waals surface area contributed by atoms with Gasteiger partial charge in [0.2, 0.25) is 11.8 Å². The van der Waals surface area contributed by atoms with Crippen LogP contribution in [0, 0.1) is 6.92 Å². The molecular formula is C18H14F3N3O3. The van der Waals surface area contributed by atoms with Crippen molar-refractivity contribution in [3.05, 3.63) is 60.1 Å². The van der Waals surface area contributed by atoms with Gasteiger partial charge in [-0.05, 0) is 18.2 Å². The molecule has 27 heavy (non-hydrogen) atoms. The summed E-state index contributed by atoms with van der Waals surface area (Å²) < 4.78 is 49.0. The SMILES string of the molecule is C=CC(=O)NCc1ccc(Oc2ccc(C(F)(F)F)cn2)c2oc(C)nc12. The van der Waals surface area contributed by atoms with Crippen molar-refractivity contribution in [3.63, 3.8) is 0 Å². The molecule has 0 radical (unpaired) electrons. The number of hydrogen-bond acceptors (Lipinski definition) is 5. The lowest BCUT2D eigenvalue weighted by atomic mass is 10.1. The molecule has 0 atom stereocenters. The average molecular weight is 377 g/mol. The van der Waals surface area contributed by atoms with Crippen LogP contribution in [0.2, 0.25) is 0 Å². The number of nitrogens with zero attached hydrogens (tertiary/aromatic N) is 2. The molecule has 2 aromatic heterocycles. The van der Waals surface area contributed by atoms with Gasteiger partial charge < -0.3 is 14.5 Å². The van der Waals surface area contributed by atoms with Gasteiger partial charge in [-0.1, -0.05) is 12.6 Å². The Hall–Kier alpha value is -3.36. The lowest BCUT2D eigenvalue weighted by molar-refractivity contribution is -0.137. The highest BCUT2D eigenvalue weighted by Crippen LogP contribution is 2.33. The van der Waals surface area contributed by atoms with Crippen LogP contribution in [-0.4, -0.2) is 15.9 Å². The first-order valence-corrected chi connectivity index (χ1v) is 7.78. The zero-order valence-electron chi connectivity index (χ0n) is 14.1. The summed E-state index contributed by atoms with van der Waals surface area (Å²) in [5.74, 6) is 0.262. The standard InChI is InChI=1S/C18H14F3N3O3/c1-3-14(25)22-8-11-4-6-13(17-16(11)24-10(2)26-17)27-15-7-5-12(9-23-15)18(19,20)21/h3-7,9H,1,8H2,2H3,(H,22,25). The second-order valence-corrected chi connectivity index (χ2v) is 5.54. The maximum atomic E-state index is 12.6. The summed E-state index contributed by atoms with van der Waals surface area (Å²) in [4.78, 5) is 19.3. The van der Waals surface area contributed by atoms with Crippen LogP contribution in [0.25, 0.3) is 11.1 Å². The molecule has 0 spiro atoms. The summed E-state index contributed by atoms with van der Waals surface area (Å²) in [6, 6.07) is 5.25. The first kappa shape index (κ1) is 18.4. The highest BCUT2D eigenvalue weighted by Gasteiger charge is 2.30. The number of carbonyl (C=O) groups excluding carboxylic acids is 1. The Morgan fingerprint density at radius 3 is 2.74 bits per heavy atom. The van der Waals surface area contributed by atoms with Crippen molar-refractivity contribution in [3.8, 4) is 11.6 Å². The van der Waals surface area contributed by atoms with E-state index in [1.807, 2.05) is 0 Å². The van der Waals surface area contributed by atoms with Gasteiger partial charge in [-0.25, -0.2) is 9.97 Å². The Morgan fingerprint density at radius 1 is 1.33 bits per heavy atom. The van der Waals surface area contributed by atoms with E-state index in [-0.39, 0.29) is 24.1 Å². The Kier molecular flexibility index (Phi) is 4.85. The van der Waals surface area contributed by atoms with Crippen molar-refractivity contribution in [2.24, 2.45) is 0 Å². The summed E-state index contributed by atoms with van der Waals surface area (Å²) in [5, 5.41) is 2.64. The van der Waals surface area contributed by atoms with Crippen LogP contribution < -0.4 is 10.1 Å². The number of aromatic nitrogens is 2. The Morgan fingerprint density at radius 2 is 2.11 bits per heavy atom. The van der Waals surface area contributed by atoms with Crippen molar-refractivity contribution in [2.75, 3.05) is 0 Å². The van der Waals surface area contributed by atoms with E-state index in [9.17, 15) is 18.0 Å². The summed E-state index contributed by atoms with van der Waals surface area (Å²) >= 11 is 0. The maximum absolute atomic E-state index is 12.6. The first-order chi connectivity index (χ1) is 12.8. The summed E-state index contributed by atoms with van der Waals surface area (Å²) in [5.41, 5.74) is 0.592. The third-order valence-electron chi connectivity index (χ3n) is 3.61. The Labute approximate surface area is 151 Å². The largest absolute Gasteiger partial charge is 0.437 e. The van der Waals surface area contributed by atoms with E-state index in [4.69, 9.17) is 9.15 Å². The molecule has 0 aliphatic heterocycles. The number of alkyl halides is 3. The number of nitrogens with one attached hydrogen (secondary N) is 1. The normalized spacial score (nSPS) is 11.4. The van der Waals surface area contributed by atoms with E-state index in [2.05, 4.69) is 21.9 Å². The number of pyridine rings is 1. The molecule has 2 heterocycles. The van der Waals surface area contributed by atoms with E-state index in [0.29, 0.717) is 28.8 Å². The highest BCUT2D eigenvalue weighted by molar-refractivity contribution is 5.88. The lowest BCUT2D eigenvalue weighted by Gasteiger charge is -2.09. The van der Waals surface area contributed by atoms with Gasteiger partial charge in [0.15, 0.2) is 17.2 Å². The quantitative estimate of drug-likeness (QED) is 0.676. The Bertz CT molecular complexity index is 995. The van der Waals surface area contributed by atoms with Gasteiger partial charge in [0.25, 0.3) is 0 Å². The van der Waals surface area contributed by atoms with Crippen LogP contribution >= 0.6 is 0 Å². The molecule has 3 rings (SSSR count). The second-order valence-electron chi connectivity index (χ2n) is 5.54. The van der Waals surface area contributed by atoms with Gasteiger partial charge in [-0.2, -0.15) is 13.2 Å². The topological polar surface area (TPSA) is 77.2 Å². The molecule has 0 aliphatic rings. The molecule has 0 saturated carbocycles. The van der Waals surface area contributed by atoms with Crippen molar-refractivity contribution in [1.82, 2.24) is 15.3 Å². The monoisotopic (exact) mass is 377 g/mol. The predicted molar refractivity (Wildman–Crippen MR) is 90.1 cm³/mol. The number of carbonyl (C=O) groups is 1. The minimum Gasteiger partial charge on any atom is -0.437 e. The molecule has 0 aliphatic carbocycles. The summed E-state index contributed by atoms with van der Waals surface area (Å²) in [6.45, 7) is 5.22. The number of amides is 1. The van der Waals surface area contributed by atoms with Crippen molar-refractivity contribution < 1.29 is 27.1 Å². The summed E-state index contributed by atoms with van der Waals surface area (Å²) in [6.07, 6.45) is -2.63. The van der Waals surface area contributed by atoms with E-state index in [1.165, 1.54) is 0 Å². The summed E-state index contributed by atoms with van der Waals surface area (Å²) in [7, 11) is 0. The number of fused-ring (bicyclic) bond motifs is 1. The molecule has 1 amide bonds. The smallest absolute Gasteiger partial charge is 0.417 e. The second kappa shape index (κ2) is 7.10. The molecule has 0 fully saturated rings. The number of oxazole rings is 1. The van der Waals surface area contributed by atoms with Crippen LogP contribution in [0.1, 0.15) is 17.0 Å². The fraction of sp³-hybridized carbons (Fsp3) is 0.167. The molecule has 0 bridgehead atoms. The van der Waals surface area contributed by atoms with Gasteiger partial charge in [-0.3, -0.25) is 4.79 Å². The molecule has 140 valence electrons. The van der Waals surface area contributed by atoms with Crippen LogP contribution in [0.4, 0.5) is 13.2 Å². The molecule has 0 saturated heterocycles. The van der Waals surface area contributed by atoms with E-state index < -0.39 is 11.7 Å². The average Bonchev–Trinajstić information content (AvgIpc) is 3.02. The van der Waals surface area contributed by atoms with Gasteiger partial charge in [0.1, 0.15) is 5.52 Å². The van der Waals surface area contributed by atoms with Crippen LogP contribution in [0.5, 0.6) is 11.6 Å². The zero-order valence-corrected chi connectivity index (χ0v) is 14.1. The van der Waals surface area contributed by atoms with E-state index >= 15 is 0 Å². The molecular weight excluding hydrogens is 363 g/mol. The maximum Gasteiger partial charge on any atom is 0.417 e. The van der Waals surface area contributed by atoms with Gasteiger partial charge in [0, 0.05) is 31.3 Å². The van der Waals surface area contributed by atoms with Crippen molar-refractivity contribution in [1.29, 1.82) is 0 Å². The third kappa shape index (κ3) is 4.08. The van der Waals surface area contributed by atoms with Crippen molar-refractivity contribution >= 4 is 17.0 Å². The molecule has 9 heteroatoms. The number of ether oxygens (including phenoxy) is 1. The number of hydrogen-bond donors (Lipinski definition) is 1. The first-order valence-electron chi connectivity index (χ1n) is 7.78. The van der Waals surface area contributed by atoms with Crippen LogP contribution in [0.3, 0.4) is 0 Å². The lowest BCUT2D eigenvalue weighted by Crippen LogP contribution is -2.20. The fourth-order valence-corrected chi connectivity index (χ4v) is 2.34. The minimum atomic E-state index is -4.47. The number of rotatable bonds is 5. The predicted octanol–water partition coefficient (Wildman–Crippen LogP) is 4.14. The van der Waals surface area contributed by atoms with Crippen LogP contribution in [-0.2, 0) is 17.5 Å². The number of benzene rings is 1. The highest BCUT2D eigenvalue weighted by atomic mass is 19.4. The van der Waals surface area contributed by atoms with Crippen molar-refractivity contribution in [2.45, 2.75) is 19.6 Å².